The molecule has 0 N–H and O–H groups in total. The van der Waals surface area contributed by atoms with Crippen LogP contribution >= 0.6 is 0 Å². The predicted molar refractivity (Wildman–Crippen MR) is 82.1 cm³/mol. The highest BCUT2D eigenvalue weighted by Crippen LogP contribution is 2.57. The summed E-state index contributed by atoms with van der Waals surface area (Å²) in [6, 6.07) is 0. The van der Waals surface area contributed by atoms with Gasteiger partial charge < -0.3 is 9.47 Å². The Balaban J connectivity index is 1.40. The van der Waals surface area contributed by atoms with Crippen LogP contribution in [-0.4, -0.2) is 24.8 Å². The van der Waals surface area contributed by atoms with E-state index in [1.807, 2.05) is 0 Å². The molecule has 0 aromatic carbocycles. The van der Waals surface area contributed by atoms with Crippen molar-refractivity contribution in [2.45, 2.75) is 57.2 Å². The zero-order chi connectivity index (χ0) is 14.7. The highest BCUT2D eigenvalue weighted by molar-refractivity contribution is 5.83. The molecule has 5 unspecified atom stereocenters. The number of rotatable bonds is 0. The maximum Gasteiger partial charge on any atom is 0.172 e. The molecule has 0 radical (unpaired) electrons. The molecule has 22 heavy (non-hydrogen) atoms. The van der Waals surface area contributed by atoms with Crippen molar-refractivity contribution in [3.05, 3.63) is 11.6 Å². The van der Waals surface area contributed by atoms with E-state index in [0.29, 0.717) is 17.6 Å². The van der Waals surface area contributed by atoms with Gasteiger partial charge in [-0.05, 0) is 55.8 Å². The summed E-state index contributed by atoms with van der Waals surface area (Å²) in [5.41, 5.74) is 1.61. The lowest BCUT2D eigenvalue weighted by Crippen LogP contribution is -2.45. The molecule has 0 amide bonds. The van der Waals surface area contributed by atoms with Gasteiger partial charge in [-0.3, -0.25) is 4.79 Å². The molecule has 4 fully saturated rings. The molecule has 4 aliphatic carbocycles. The summed E-state index contributed by atoms with van der Waals surface area (Å²) >= 11 is 0. The first-order valence-electron chi connectivity index (χ1n) is 9.25. The molecule has 1 heterocycles. The molecule has 5 aliphatic rings. The van der Waals surface area contributed by atoms with E-state index < -0.39 is 0 Å². The second-order valence-corrected chi connectivity index (χ2v) is 8.12. The fraction of sp³-hybridized carbons (Fsp3) is 0.842. The fourth-order valence-corrected chi connectivity index (χ4v) is 6.41. The lowest BCUT2D eigenvalue weighted by atomic mass is 9.56. The molecule has 0 aromatic rings. The molecule has 3 saturated carbocycles. The number of allylic oxidation sites excluding steroid dienone is 1. The Morgan fingerprint density at radius 2 is 1.77 bits per heavy atom. The molecule has 0 bridgehead atoms. The normalized spacial score (nSPS) is 46.1. The summed E-state index contributed by atoms with van der Waals surface area (Å²) in [7, 11) is 0. The Kier molecular flexibility index (Phi) is 3.07. The summed E-state index contributed by atoms with van der Waals surface area (Å²) in [5, 5.41) is 0. The van der Waals surface area contributed by atoms with E-state index in [1.54, 1.807) is 5.57 Å². The lowest BCUT2D eigenvalue weighted by molar-refractivity contribution is -0.175. The van der Waals surface area contributed by atoms with Gasteiger partial charge in [0, 0.05) is 25.2 Å². The van der Waals surface area contributed by atoms with Crippen LogP contribution in [0.25, 0.3) is 0 Å². The van der Waals surface area contributed by atoms with Gasteiger partial charge in [-0.2, -0.15) is 0 Å². The third-order valence-electron chi connectivity index (χ3n) is 7.33. The summed E-state index contributed by atoms with van der Waals surface area (Å²) in [6.07, 6.45) is 11.4. The summed E-state index contributed by atoms with van der Waals surface area (Å²) in [5.74, 6) is 3.73. The number of hydrogen-bond donors (Lipinski definition) is 0. The number of ketones is 1. The summed E-state index contributed by atoms with van der Waals surface area (Å²) in [6.45, 7) is 1.52. The third kappa shape index (κ3) is 1.91. The number of ether oxygens (including phenoxy) is 2. The molecule has 1 aliphatic heterocycles. The van der Waals surface area contributed by atoms with Gasteiger partial charge in [-0.15, -0.1) is 0 Å². The van der Waals surface area contributed by atoms with Crippen LogP contribution in [0.2, 0.25) is 0 Å². The van der Waals surface area contributed by atoms with Crippen molar-refractivity contribution in [2.75, 3.05) is 13.2 Å². The molecule has 0 aromatic heterocycles. The van der Waals surface area contributed by atoms with Gasteiger partial charge >= 0.3 is 0 Å². The minimum Gasteiger partial charge on any atom is -0.347 e. The first-order chi connectivity index (χ1) is 10.8. The van der Waals surface area contributed by atoms with E-state index in [1.165, 1.54) is 19.3 Å². The van der Waals surface area contributed by atoms with E-state index >= 15 is 0 Å². The van der Waals surface area contributed by atoms with Gasteiger partial charge in [0.25, 0.3) is 0 Å². The van der Waals surface area contributed by atoms with Crippen LogP contribution < -0.4 is 0 Å². The van der Waals surface area contributed by atoms with Crippen molar-refractivity contribution >= 4 is 5.78 Å². The summed E-state index contributed by atoms with van der Waals surface area (Å²) in [4.78, 5) is 12.1. The van der Waals surface area contributed by atoms with Crippen molar-refractivity contribution in [3.63, 3.8) is 0 Å². The van der Waals surface area contributed by atoms with Crippen LogP contribution in [0.15, 0.2) is 11.6 Å². The standard InChI is InChI=1S/C19H26O3/c20-18-6-5-16-15-2-1-12-11-19(21-9-10-22-19)8-7-13(12)14(15)3-4-17(16)18/h1,13-17H,2-11H2. The molecule has 3 heteroatoms. The van der Waals surface area contributed by atoms with Gasteiger partial charge in [0.05, 0.1) is 13.2 Å². The average Bonchev–Trinajstić information content (AvgIpc) is 3.14. The smallest absolute Gasteiger partial charge is 0.172 e. The van der Waals surface area contributed by atoms with Crippen LogP contribution in [0.4, 0.5) is 0 Å². The predicted octanol–water partition coefficient (Wildman–Crippen LogP) is 3.48. The number of hydrogen-bond acceptors (Lipinski definition) is 3. The van der Waals surface area contributed by atoms with Crippen molar-refractivity contribution in [2.24, 2.45) is 29.6 Å². The molecule has 3 nitrogen and oxygen atoms in total. The zero-order valence-electron chi connectivity index (χ0n) is 13.3. The first kappa shape index (κ1) is 13.7. The van der Waals surface area contributed by atoms with Gasteiger partial charge in [-0.1, -0.05) is 11.6 Å². The van der Waals surface area contributed by atoms with Crippen molar-refractivity contribution in [1.29, 1.82) is 0 Å². The molecular weight excluding hydrogens is 276 g/mol. The SMILES string of the molecule is O=C1CCC2C1CCC1C3CCC4(CC3=CCC21)OCCO4. The van der Waals surface area contributed by atoms with E-state index in [4.69, 9.17) is 9.47 Å². The topological polar surface area (TPSA) is 35.5 Å². The van der Waals surface area contributed by atoms with E-state index in [0.717, 1.165) is 63.1 Å². The van der Waals surface area contributed by atoms with Gasteiger partial charge in [0.15, 0.2) is 5.79 Å². The fourth-order valence-electron chi connectivity index (χ4n) is 6.41. The molecule has 5 rings (SSSR count). The quantitative estimate of drug-likeness (QED) is 0.643. The number of carbonyl (C=O) groups is 1. The van der Waals surface area contributed by atoms with Crippen LogP contribution in [0.1, 0.15) is 51.4 Å². The Hall–Kier alpha value is -0.670. The highest BCUT2D eigenvalue weighted by atomic mass is 16.7. The monoisotopic (exact) mass is 302 g/mol. The van der Waals surface area contributed by atoms with Crippen LogP contribution in [0, 0.1) is 29.6 Å². The minimum absolute atomic E-state index is 0.282. The van der Waals surface area contributed by atoms with E-state index in [9.17, 15) is 4.79 Å². The average molecular weight is 302 g/mol. The number of Topliss-reactive ketones (excluding diaryl/α,β-unsaturated/α-hetero) is 1. The van der Waals surface area contributed by atoms with Gasteiger partial charge in [0.2, 0.25) is 0 Å². The van der Waals surface area contributed by atoms with Crippen LogP contribution in [0.5, 0.6) is 0 Å². The van der Waals surface area contributed by atoms with Crippen molar-refractivity contribution < 1.29 is 14.3 Å². The number of fused-ring (bicyclic) bond motifs is 5. The lowest BCUT2D eigenvalue weighted by Gasteiger charge is -2.50. The molecule has 1 saturated heterocycles. The van der Waals surface area contributed by atoms with E-state index in [2.05, 4.69) is 6.08 Å². The first-order valence-corrected chi connectivity index (χ1v) is 9.25. The second-order valence-electron chi connectivity index (χ2n) is 8.12. The molecule has 1 spiro atoms. The van der Waals surface area contributed by atoms with Crippen molar-refractivity contribution in [3.8, 4) is 0 Å². The molecular formula is C19H26O3. The Bertz CT molecular complexity index is 517. The van der Waals surface area contributed by atoms with Crippen LogP contribution in [0.3, 0.4) is 0 Å². The maximum absolute atomic E-state index is 12.1. The van der Waals surface area contributed by atoms with Gasteiger partial charge in [0.1, 0.15) is 5.78 Å². The molecule has 5 atom stereocenters. The van der Waals surface area contributed by atoms with E-state index in [-0.39, 0.29) is 5.79 Å². The maximum atomic E-state index is 12.1. The Labute approximate surface area is 132 Å². The van der Waals surface area contributed by atoms with Crippen molar-refractivity contribution in [1.82, 2.24) is 0 Å². The Morgan fingerprint density at radius 1 is 0.955 bits per heavy atom. The van der Waals surface area contributed by atoms with Crippen LogP contribution in [-0.2, 0) is 14.3 Å². The number of carbonyl (C=O) groups excluding carboxylic acids is 1. The molecule has 120 valence electrons. The largest absolute Gasteiger partial charge is 0.347 e. The minimum atomic E-state index is -0.282. The second kappa shape index (κ2) is 4.91. The zero-order valence-corrected chi connectivity index (χ0v) is 13.3. The summed E-state index contributed by atoms with van der Waals surface area (Å²) < 4.78 is 11.9. The Morgan fingerprint density at radius 3 is 2.64 bits per heavy atom. The van der Waals surface area contributed by atoms with Gasteiger partial charge in [-0.25, -0.2) is 0 Å². The third-order valence-corrected chi connectivity index (χ3v) is 7.33. The highest BCUT2D eigenvalue weighted by Gasteiger charge is 2.52.